The first-order chi connectivity index (χ1) is 21.9. The molecule has 0 radical (unpaired) electrons. The molecule has 1 fully saturated rings. The molecule has 0 saturated carbocycles. The van der Waals surface area contributed by atoms with Gasteiger partial charge in [0.15, 0.2) is 0 Å². The number of benzene rings is 3. The van der Waals surface area contributed by atoms with Crippen LogP contribution in [-0.2, 0) is 30.7 Å². The van der Waals surface area contributed by atoms with Gasteiger partial charge in [-0.15, -0.1) is 0 Å². The highest BCUT2D eigenvalue weighted by molar-refractivity contribution is 6.32. The summed E-state index contributed by atoms with van der Waals surface area (Å²) >= 11 is 6.98. The number of nitrogens with zero attached hydrogens (tertiary/aromatic N) is 4. The fourth-order valence-corrected chi connectivity index (χ4v) is 6.04. The maximum atomic E-state index is 14.4. The monoisotopic (exact) mass is 624 g/mol. The molecule has 9 nitrogen and oxygen atoms in total. The number of carboxylic acids is 1. The van der Waals surface area contributed by atoms with E-state index in [0.29, 0.717) is 71.6 Å². The van der Waals surface area contributed by atoms with E-state index in [9.17, 15) is 14.3 Å². The van der Waals surface area contributed by atoms with E-state index < -0.39 is 11.8 Å². The number of ether oxygens (including phenoxy) is 3. The minimum atomic E-state index is -0.996. The normalized spacial score (nSPS) is 15.3. The smallest absolute Gasteiger partial charge is 0.335 e. The van der Waals surface area contributed by atoms with Gasteiger partial charge in [0, 0.05) is 47.2 Å². The van der Waals surface area contributed by atoms with Crippen LogP contribution in [0.5, 0.6) is 11.6 Å². The quantitative estimate of drug-likeness (QED) is 0.201. The number of hydrogen-bond acceptors (Lipinski definition) is 7. The molecule has 5 aromatic rings. The molecule has 0 aliphatic carbocycles. The number of nitriles is 1. The van der Waals surface area contributed by atoms with Crippen molar-refractivity contribution in [1.82, 2.24) is 14.5 Å². The summed E-state index contributed by atoms with van der Waals surface area (Å²) in [5.41, 5.74) is 5.36. The molecule has 2 aliphatic heterocycles. The summed E-state index contributed by atoms with van der Waals surface area (Å²) in [5.74, 6) is 0.237. The highest BCUT2D eigenvalue weighted by Gasteiger charge is 2.28. The van der Waals surface area contributed by atoms with Crippen LogP contribution in [0, 0.1) is 17.1 Å². The number of fused-ring (bicyclic) bond motifs is 2. The molecule has 45 heavy (non-hydrogen) atoms. The maximum absolute atomic E-state index is 14.4. The van der Waals surface area contributed by atoms with Crippen LogP contribution in [0.2, 0.25) is 5.02 Å². The Labute approximate surface area is 262 Å². The van der Waals surface area contributed by atoms with Gasteiger partial charge in [0.25, 0.3) is 0 Å². The molecule has 2 aliphatic rings. The summed E-state index contributed by atoms with van der Waals surface area (Å²) in [5, 5.41) is 19.1. The van der Waals surface area contributed by atoms with Crippen LogP contribution < -0.4 is 9.47 Å². The Kier molecular flexibility index (Phi) is 7.57. The molecule has 0 bridgehead atoms. The topological polar surface area (TPSA) is 119 Å². The van der Waals surface area contributed by atoms with E-state index in [2.05, 4.69) is 4.98 Å². The van der Waals surface area contributed by atoms with E-state index in [1.165, 1.54) is 12.1 Å². The summed E-state index contributed by atoms with van der Waals surface area (Å²) in [4.78, 5) is 21.2. The Morgan fingerprint density at radius 1 is 1.16 bits per heavy atom. The fraction of sp³-hybridized carbons (Fsp3) is 0.235. The van der Waals surface area contributed by atoms with Gasteiger partial charge in [0.05, 0.1) is 53.2 Å². The predicted octanol–water partition coefficient (Wildman–Crippen LogP) is 6.35. The number of carboxylic acid groups (broad SMARTS) is 1. The average molecular weight is 625 g/mol. The van der Waals surface area contributed by atoms with Crippen LogP contribution in [0.3, 0.4) is 0 Å². The molecule has 226 valence electrons. The third-order valence-corrected chi connectivity index (χ3v) is 8.52. The Morgan fingerprint density at radius 2 is 2.02 bits per heavy atom. The minimum absolute atomic E-state index is 0.0375. The number of hydrogen-bond donors (Lipinski definition) is 1. The highest BCUT2D eigenvalue weighted by Crippen LogP contribution is 2.43. The van der Waals surface area contributed by atoms with Crippen LogP contribution in [0.15, 0.2) is 60.7 Å². The summed E-state index contributed by atoms with van der Waals surface area (Å²) in [6.45, 7) is 1.70. The standard InChI is InChI=1S/C34H26ClFN4O5/c35-26-14-25(28-2-1-3-32(39-28)45-18-21-5-4-19(16-37)12-27(21)36)33-23(9-11-44-33)24(26)15-31-38-29-7-6-20(34(41)42)13-30(29)40(31)17-22-8-10-43-22/h1-7,12-14,22H,8-11,15,17-18H2,(H,41,42)/t22-/m0/s1. The molecule has 2 aromatic heterocycles. The van der Waals surface area contributed by atoms with Crippen molar-refractivity contribution in [3.8, 4) is 29.0 Å². The Hall–Kier alpha value is -4.98. The number of aromatic carboxylic acids is 1. The van der Waals surface area contributed by atoms with Crippen LogP contribution in [-0.4, -0.2) is 44.9 Å². The molecular weight excluding hydrogens is 599 g/mol. The Morgan fingerprint density at radius 3 is 2.78 bits per heavy atom. The van der Waals surface area contributed by atoms with Gasteiger partial charge in [-0.2, -0.15) is 5.26 Å². The van der Waals surface area contributed by atoms with Gasteiger partial charge in [-0.3, -0.25) is 0 Å². The van der Waals surface area contributed by atoms with Gasteiger partial charge in [0.2, 0.25) is 5.88 Å². The lowest BCUT2D eigenvalue weighted by molar-refractivity contribution is -0.0589. The fourth-order valence-electron chi connectivity index (χ4n) is 5.75. The highest BCUT2D eigenvalue weighted by atomic mass is 35.5. The maximum Gasteiger partial charge on any atom is 0.335 e. The first kappa shape index (κ1) is 28.8. The zero-order valence-corrected chi connectivity index (χ0v) is 24.7. The molecule has 0 unspecified atom stereocenters. The number of rotatable bonds is 9. The van der Waals surface area contributed by atoms with E-state index in [0.717, 1.165) is 28.9 Å². The lowest BCUT2D eigenvalue weighted by Gasteiger charge is -2.27. The van der Waals surface area contributed by atoms with E-state index in [-0.39, 0.29) is 23.8 Å². The summed E-state index contributed by atoms with van der Waals surface area (Å²) in [6.07, 6.45) is 2.04. The summed E-state index contributed by atoms with van der Waals surface area (Å²) in [7, 11) is 0. The van der Waals surface area contributed by atoms with Crippen molar-refractivity contribution in [3.05, 3.63) is 105 Å². The SMILES string of the molecule is N#Cc1ccc(COc2cccc(-c3cc(Cl)c(Cc4nc5ccc(C(=O)O)cc5n4C[C@@H]4CCO4)c4c3OCC4)n2)c(F)c1. The van der Waals surface area contributed by atoms with Gasteiger partial charge >= 0.3 is 5.97 Å². The molecule has 4 heterocycles. The number of imidazole rings is 1. The van der Waals surface area contributed by atoms with Gasteiger partial charge < -0.3 is 23.9 Å². The number of aromatic nitrogens is 3. The summed E-state index contributed by atoms with van der Waals surface area (Å²) in [6, 6.07) is 18.3. The summed E-state index contributed by atoms with van der Waals surface area (Å²) < 4.78 is 34.0. The molecular formula is C34H26ClFN4O5. The third kappa shape index (κ3) is 5.57. The van der Waals surface area contributed by atoms with Gasteiger partial charge in [-0.1, -0.05) is 23.7 Å². The largest absolute Gasteiger partial charge is 0.492 e. The van der Waals surface area contributed by atoms with Crippen molar-refractivity contribution in [1.29, 1.82) is 5.26 Å². The van der Waals surface area contributed by atoms with Gasteiger partial charge in [0.1, 0.15) is 24.0 Å². The van der Waals surface area contributed by atoms with Crippen molar-refractivity contribution in [2.75, 3.05) is 13.2 Å². The van der Waals surface area contributed by atoms with E-state index in [1.54, 1.807) is 36.4 Å². The Balaban J connectivity index is 1.20. The van der Waals surface area contributed by atoms with Crippen molar-refractivity contribution in [2.45, 2.75) is 38.5 Å². The third-order valence-electron chi connectivity index (χ3n) is 8.19. The van der Waals surface area contributed by atoms with Crippen molar-refractivity contribution < 1.29 is 28.5 Å². The molecule has 1 N–H and O–H groups in total. The van der Waals surface area contributed by atoms with E-state index in [1.807, 2.05) is 22.8 Å². The zero-order chi connectivity index (χ0) is 31.1. The second-order valence-electron chi connectivity index (χ2n) is 11.0. The molecule has 3 aromatic carbocycles. The van der Waals surface area contributed by atoms with Crippen LogP contribution in [0.25, 0.3) is 22.3 Å². The zero-order valence-electron chi connectivity index (χ0n) is 23.9. The first-order valence-electron chi connectivity index (χ1n) is 14.5. The molecule has 0 amide bonds. The van der Waals surface area contributed by atoms with Crippen molar-refractivity contribution in [2.24, 2.45) is 0 Å². The lowest BCUT2D eigenvalue weighted by atomic mass is 9.97. The van der Waals surface area contributed by atoms with Crippen LogP contribution in [0.1, 0.15) is 44.9 Å². The van der Waals surface area contributed by atoms with Crippen LogP contribution >= 0.6 is 11.6 Å². The van der Waals surface area contributed by atoms with Gasteiger partial charge in [-0.25, -0.2) is 19.2 Å². The minimum Gasteiger partial charge on any atom is -0.492 e. The first-order valence-corrected chi connectivity index (χ1v) is 14.9. The van der Waals surface area contributed by atoms with Crippen molar-refractivity contribution in [3.63, 3.8) is 0 Å². The predicted molar refractivity (Wildman–Crippen MR) is 163 cm³/mol. The molecule has 11 heteroatoms. The molecule has 7 rings (SSSR count). The molecule has 0 spiro atoms. The second kappa shape index (κ2) is 11.8. The average Bonchev–Trinajstić information content (AvgIpc) is 3.64. The number of halogens is 2. The van der Waals surface area contributed by atoms with Crippen LogP contribution in [0.4, 0.5) is 4.39 Å². The van der Waals surface area contributed by atoms with Gasteiger partial charge in [-0.05, 0) is 54.4 Å². The molecule has 1 saturated heterocycles. The van der Waals surface area contributed by atoms with Crippen molar-refractivity contribution >= 4 is 28.6 Å². The number of carbonyl (C=O) groups is 1. The Bertz CT molecular complexity index is 2020. The van der Waals surface area contributed by atoms with E-state index in [4.69, 9.17) is 36.1 Å². The molecule has 1 atom stereocenters. The second-order valence-corrected chi connectivity index (χ2v) is 11.4. The van der Waals surface area contributed by atoms with E-state index >= 15 is 0 Å². The lowest BCUT2D eigenvalue weighted by Crippen LogP contribution is -2.31. The number of pyridine rings is 1.